The van der Waals surface area contributed by atoms with Crippen LogP contribution < -0.4 is 37.5 Å². The summed E-state index contributed by atoms with van der Waals surface area (Å²) in [6.07, 6.45) is 10.3. The van der Waals surface area contributed by atoms with Crippen LogP contribution >= 0.6 is 0 Å². The molecular weight excluding hydrogens is 871 g/mol. The lowest BCUT2D eigenvalue weighted by atomic mass is 9.83. The standard InChI is InChI=1S/C27H31N7O2.C25H26N6O2/c1-33(2)21-10-13-34(17-21)12-9-18-4-6-20(7-5-18)30-26-25-19(8-11-29-27(25)35)14-22(32-26)23-15-28-16-24(31-23)36-3;1-14-11-16(13-29-21(14)26)19-12-15-9-10-28-23(32)20(15)22(31-19)30-18-7-5-17(6-8-18)25(2,3)24(33)27-4/h4-8,11,14-16,21H,9-10,12-13,17H2,1-3H3,(H,29,35)(H,30,32);5-13H,1-4H3,(H2,26,29)(H,27,33)(H,28,32)(H,30,31). The van der Waals surface area contributed by atoms with E-state index in [9.17, 15) is 14.4 Å². The second-order valence-corrected chi connectivity index (χ2v) is 17.8. The zero-order valence-electron chi connectivity index (χ0n) is 39.8. The van der Waals surface area contributed by atoms with Gasteiger partial charge in [-0.25, -0.2) is 19.9 Å². The number of H-pyrrole nitrogens is 2. The number of benzene rings is 2. The highest BCUT2D eigenvalue weighted by Crippen LogP contribution is 2.31. The first-order valence-corrected chi connectivity index (χ1v) is 22.7. The van der Waals surface area contributed by atoms with Crippen molar-refractivity contribution in [1.29, 1.82) is 0 Å². The molecule has 7 N–H and O–H groups in total. The van der Waals surface area contributed by atoms with Gasteiger partial charge in [0.1, 0.15) is 23.1 Å². The fourth-order valence-corrected chi connectivity index (χ4v) is 8.35. The van der Waals surface area contributed by atoms with Crippen LogP contribution in [0.25, 0.3) is 44.2 Å². The van der Waals surface area contributed by atoms with Gasteiger partial charge < -0.3 is 46.2 Å². The summed E-state index contributed by atoms with van der Waals surface area (Å²) >= 11 is 0. The summed E-state index contributed by atoms with van der Waals surface area (Å²) in [4.78, 5) is 70.2. The van der Waals surface area contributed by atoms with E-state index in [0.717, 1.165) is 64.9 Å². The summed E-state index contributed by atoms with van der Waals surface area (Å²) < 4.78 is 5.21. The molecule has 1 aliphatic heterocycles. The van der Waals surface area contributed by atoms with E-state index in [0.29, 0.717) is 57.2 Å². The quantitative estimate of drug-likeness (QED) is 0.0688. The van der Waals surface area contributed by atoms with Crippen molar-refractivity contribution in [3.8, 4) is 28.5 Å². The normalized spacial score (nSPS) is 13.8. The molecule has 0 saturated carbocycles. The van der Waals surface area contributed by atoms with Crippen LogP contribution in [0.4, 0.5) is 28.8 Å². The van der Waals surface area contributed by atoms with Crippen LogP contribution in [0.1, 0.15) is 37.0 Å². The number of carbonyl (C=O) groups is 1. The second kappa shape index (κ2) is 20.5. The molecule has 1 amide bonds. The van der Waals surface area contributed by atoms with Gasteiger partial charge in [0.15, 0.2) is 0 Å². The topological polar surface area (TPSA) is 225 Å². The third-order valence-corrected chi connectivity index (χ3v) is 12.6. The molecule has 17 heteroatoms. The fraction of sp³-hybridized carbons (Fsp3) is 0.269. The van der Waals surface area contributed by atoms with Gasteiger partial charge in [0.25, 0.3) is 11.1 Å². The van der Waals surface area contributed by atoms with Crippen molar-refractivity contribution in [2.45, 2.75) is 45.1 Å². The number of aromatic nitrogens is 7. The van der Waals surface area contributed by atoms with Gasteiger partial charge in [-0.3, -0.25) is 19.4 Å². The maximum absolute atomic E-state index is 12.7. The summed E-state index contributed by atoms with van der Waals surface area (Å²) in [6.45, 7) is 8.97. The Kier molecular flexibility index (Phi) is 14.1. The van der Waals surface area contributed by atoms with Crippen LogP contribution in [0.3, 0.4) is 0 Å². The maximum Gasteiger partial charge on any atom is 0.259 e. The van der Waals surface area contributed by atoms with Crippen LogP contribution in [0.2, 0.25) is 0 Å². The minimum Gasteiger partial charge on any atom is -0.480 e. The number of ether oxygens (including phenoxy) is 1. The van der Waals surface area contributed by atoms with Gasteiger partial charge in [0.2, 0.25) is 11.8 Å². The van der Waals surface area contributed by atoms with E-state index < -0.39 is 5.41 Å². The number of nitrogens with one attached hydrogen (secondary N) is 5. The predicted molar refractivity (Wildman–Crippen MR) is 273 cm³/mol. The number of anilines is 5. The largest absolute Gasteiger partial charge is 0.480 e. The lowest BCUT2D eigenvalue weighted by Crippen LogP contribution is -2.37. The molecule has 0 aliphatic carbocycles. The maximum atomic E-state index is 12.7. The number of nitrogens with zero attached hydrogens (tertiary/aromatic N) is 7. The van der Waals surface area contributed by atoms with E-state index in [1.807, 2.05) is 87.5 Å². The Hall–Kier alpha value is -8.02. The van der Waals surface area contributed by atoms with Crippen LogP contribution in [0.5, 0.6) is 5.88 Å². The van der Waals surface area contributed by atoms with Crippen molar-refractivity contribution >= 4 is 56.3 Å². The lowest BCUT2D eigenvalue weighted by Gasteiger charge is -2.23. The van der Waals surface area contributed by atoms with Crippen LogP contribution in [-0.4, -0.2) is 105 Å². The highest BCUT2D eigenvalue weighted by molar-refractivity contribution is 5.96. The van der Waals surface area contributed by atoms with Crippen molar-refractivity contribution in [3.63, 3.8) is 0 Å². The molecule has 1 unspecified atom stereocenters. The number of hydrogen-bond acceptors (Lipinski definition) is 14. The number of rotatable bonds is 13. The summed E-state index contributed by atoms with van der Waals surface area (Å²) in [5.41, 5.74) is 12.0. The fourth-order valence-electron chi connectivity index (χ4n) is 8.35. The zero-order valence-corrected chi connectivity index (χ0v) is 39.8. The summed E-state index contributed by atoms with van der Waals surface area (Å²) in [6, 6.07) is 25.8. The number of fused-ring (bicyclic) bond motifs is 2. The number of carbonyl (C=O) groups excluding carboxylic acids is 1. The number of methoxy groups -OCH3 is 1. The SMILES string of the molecule is CNC(=O)C(C)(C)c1ccc(Nc2nc(-c3cnc(N)c(C)c3)cc3cc[nH]c(=O)c23)cc1.COc1cncc(-c2cc3cc[nH]c(=O)c3c(Nc3ccc(CCN4CCC(N(C)C)C4)cc3)n2)n1. The molecule has 17 nitrogen and oxygen atoms in total. The van der Waals surface area contributed by atoms with Crippen LogP contribution in [0, 0.1) is 6.92 Å². The van der Waals surface area contributed by atoms with E-state index in [1.54, 1.807) is 45.1 Å². The van der Waals surface area contributed by atoms with Crippen LogP contribution in [-0.2, 0) is 16.6 Å². The van der Waals surface area contributed by atoms with Gasteiger partial charge in [0, 0.05) is 61.7 Å². The van der Waals surface area contributed by atoms with E-state index in [1.165, 1.54) is 12.0 Å². The van der Waals surface area contributed by atoms with E-state index in [-0.39, 0.29) is 17.0 Å². The average molecular weight is 928 g/mol. The first kappa shape index (κ1) is 47.5. The second-order valence-electron chi connectivity index (χ2n) is 17.8. The number of nitrogens with two attached hydrogens (primary N) is 1. The first-order valence-electron chi connectivity index (χ1n) is 22.7. The number of nitrogen functional groups attached to an aromatic ring is 1. The lowest BCUT2D eigenvalue weighted by molar-refractivity contribution is -0.125. The van der Waals surface area contributed by atoms with Gasteiger partial charge >= 0.3 is 0 Å². The molecule has 0 bridgehead atoms. The minimum atomic E-state index is -0.671. The molecule has 2 aromatic carbocycles. The Labute approximate surface area is 399 Å². The van der Waals surface area contributed by atoms with Crippen molar-refractivity contribution < 1.29 is 9.53 Å². The number of likely N-dealkylation sites (tertiary alicyclic amines) is 1. The van der Waals surface area contributed by atoms with Gasteiger partial charge in [-0.05, 0) is 136 Å². The molecule has 6 aromatic heterocycles. The average Bonchev–Trinajstić information content (AvgIpc) is 3.84. The Balaban J connectivity index is 0.000000187. The molecule has 0 spiro atoms. The Morgan fingerprint density at radius 2 is 1.43 bits per heavy atom. The van der Waals surface area contributed by atoms with Crippen LogP contribution in [0.15, 0.2) is 119 Å². The van der Waals surface area contributed by atoms with Gasteiger partial charge in [-0.2, -0.15) is 0 Å². The third-order valence-electron chi connectivity index (χ3n) is 12.6. The van der Waals surface area contributed by atoms with E-state index in [4.69, 9.17) is 20.4 Å². The number of aromatic amines is 2. The summed E-state index contributed by atoms with van der Waals surface area (Å²) in [7, 11) is 7.49. The molecule has 1 atom stereocenters. The number of pyridine rings is 5. The Bertz CT molecular complexity index is 3240. The smallest absolute Gasteiger partial charge is 0.259 e. The van der Waals surface area contributed by atoms with Crippen molar-refractivity contribution in [2.75, 3.05) is 64.3 Å². The molecule has 354 valence electrons. The molecular formula is C52H57N13O4. The molecule has 69 heavy (non-hydrogen) atoms. The minimum absolute atomic E-state index is 0.0671. The van der Waals surface area contributed by atoms with E-state index >= 15 is 0 Å². The molecule has 1 aliphatic rings. The van der Waals surface area contributed by atoms with Crippen molar-refractivity contribution in [3.05, 3.63) is 147 Å². The first-order chi connectivity index (χ1) is 33.2. The van der Waals surface area contributed by atoms with Gasteiger partial charge in [-0.15, -0.1) is 0 Å². The molecule has 0 radical (unpaired) electrons. The number of aryl methyl sites for hydroxylation is 1. The molecule has 1 fully saturated rings. The van der Waals surface area contributed by atoms with Gasteiger partial charge in [-0.1, -0.05) is 24.3 Å². The number of likely N-dealkylation sites (N-methyl/N-ethyl adjacent to an activating group) is 2. The summed E-state index contributed by atoms with van der Waals surface area (Å²) in [5, 5.41) is 11.8. The number of amides is 1. The monoisotopic (exact) mass is 927 g/mol. The Morgan fingerprint density at radius 1 is 0.826 bits per heavy atom. The zero-order chi connectivity index (χ0) is 48.8. The van der Waals surface area contributed by atoms with Crippen molar-refractivity contribution in [2.24, 2.45) is 0 Å². The van der Waals surface area contributed by atoms with Gasteiger partial charge in [0.05, 0.1) is 47.1 Å². The molecule has 7 heterocycles. The molecule has 1 saturated heterocycles. The third kappa shape index (κ3) is 10.7. The highest BCUT2D eigenvalue weighted by Gasteiger charge is 2.29. The highest BCUT2D eigenvalue weighted by atomic mass is 16.5. The van der Waals surface area contributed by atoms with E-state index in [2.05, 4.69) is 76.9 Å². The number of hydrogen-bond donors (Lipinski definition) is 6. The summed E-state index contributed by atoms with van der Waals surface area (Å²) in [5.74, 6) is 1.69. The molecule has 9 rings (SSSR count). The predicted octanol–water partition coefficient (Wildman–Crippen LogP) is 6.95. The Morgan fingerprint density at radius 3 is 2.01 bits per heavy atom. The molecule has 8 aromatic rings. The van der Waals surface area contributed by atoms with Crippen molar-refractivity contribution in [1.82, 2.24) is 50.0 Å².